The first-order valence-electron chi connectivity index (χ1n) is 9.31. The van der Waals surface area contributed by atoms with Crippen LogP contribution in [0, 0.1) is 0 Å². The zero-order valence-corrected chi connectivity index (χ0v) is 18.2. The molecule has 0 bridgehead atoms. The third-order valence-corrected chi connectivity index (χ3v) is 5.77. The fraction of sp³-hybridized carbons (Fsp3) is 0.143. The third kappa shape index (κ3) is 4.42. The summed E-state index contributed by atoms with van der Waals surface area (Å²) in [5, 5.41) is 7.64. The predicted molar refractivity (Wildman–Crippen MR) is 121 cm³/mol. The topological polar surface area (TPSA) is 102 Å². The normalized spacial score (nSPS) is 12.0. The number of halogens is 1. The Morgan fingerprint density at radius 2 is 2.03 bits per heavy atom. The van der Waals surface area contributed by atoms with E-state index >= 15 is 0 Å². The molecule has 4 aromatic rings. The Bertz CT molecular complexity index is 1310. The lowest BCUT2D eigenvalue weighted by atomic mass is 10.3. The van der Waals surface area contributed by atoms with E-state index in [1.54, 1.807) is 29.8 Å². The minimum atomic E-state index is -0.533. The van der Waals surface area contributed by atoms with Gasteiger partial charge in [0, 0.05) is 5.69 Å². The number of H-pyrrole nitrogens is 1. The zero-order valence-electron chi connectivity index (χ0n) is 16.6. The van der Waals surface area contributed by atoms with Gasteiger partial charge < -0.3 is 15.0 Å². The zero-order chi connectivity index (χ0) is 22.0. The van der Waals surface area contributed by atoms with E-state index in [4.69, 9.17) is 16.3 Å². The number of fused-ring (bicyclic) bond motifs is 1. The molecule has 0 unspecified atom stereocenters. The highest BCUT2D eigenvalue weighted by atomic mass is 35.5. The second kappa shape index (κ2) is 8.83. The molecule has 0 fully saturated rings. The number of benzene rings is 2. The summed E-state index contributed by atoms with van der Waals surface area (Å²) in [7, 11) is 1.52. The maximum absolute atomic E-state index is 12.6. The van der Waals surface area contributed by atoms with E-state index in [9.17, 15) is 9.59 Å². The molecule has 0 aliphatic rings. The second-order valence-electron chi connectivity index (χ2n) is 6.60. The number of aromatic amines is 1. The van der Waals surface area contributed by atoms with Gasteiger partial charge in [-0.3, -0.25) is 9.59 Å². The molecule has 0 spiro atoms. The number of ether oxygens (including phenoxy) is 1. The fourth-order valence-electron chi connectivity index (χ4n) is 2.92. The highest BCUT2D eigenvalue weighted by Crippen LogP contribution is 2.28. The summed E-state index contributed by atoms with van der Waals surface area (Å²) in [6.45, 7) is 1.73. The first-order chi connectivity index (χ1) is 15.0. The van der Waals surface area contributed by atoms with Crippen molar-refractivity contribution in [2.24, 2.45) is 0 Å². The Balaban J connectivity index is 1.55. The van der Waals surface area contributed by atoms with Crippen LogP contribution in [0.15, 0.2) is 64.7 Å². The van der Waals surface area contributed by atoms with Crippen LogP contribution in [0.2, 0.25) is 5.02 Å². The minimum Gasteiger partial charge on any atom is -0.495 e. The van der Waals surface area contributed by atoms with E-state index in [0.29, 0.717) is 32.6 Å². The Hall–Kier alpha value is -3.30. The molecule has 0 radical (unpaired) electrons. The summed E-state index contributed by atoms with van der Waals surface area (Å²) in [4.78, 5) is 32.4. The number of carbonyl (C=O) groups is 1. The number of hydrogen-bond donors (Lipinski definition) is 2. The number of aromatic nitrogens is 4. The summed E-state index contributed by atoms with van der Waals surface area (Å²) < 4.78 is 6.71. The smallest absolute Gasteiger partial charge is 0.262 e. The van der Waals surface area contributed by atoms with Crippen LogP contribution in [0.3, 0.4) is 0 Å². The van der Waals surface area contributed by atoms with Gasteiger partial charge in [-0.25, -0.2) is 9.67 Å². The van der Waals surface area contributed by atoms with Crippen LogP contribution in [0.5, 0.6) is 5.75 Å². The number of hydrogen-bond acceptors (Lipinski definition) is 6. The van der Waals surface area contributed by atoms with E-state index in [-0.39, 0.29) is 11.5 Å². The highest BCUT2D eigenvalue weighted by Gasteiger charge is 2.19. The average molecular weight is 456 g/mol. The van der Waals surface area contributed by atoms with Gasteiger partial charge in [0.25, 0.3) is 5.56 Å². The summed E-state index contributed by atoms with van der Waals surface area (Å²) in [6.07, 6.45) is 1.48. The van der Waals surface area contributed by atoms with Crippen LogP contribution in [-0.4, -0.2) is 38.0 Å². The number of methoxy groups -OCH3 is 1. The third-order valence-electron chi connectivity index (χ3n) is 4.49. The van der Waals surface area contributed by atoms with Gasteiger partial charge in [-0.05, 0) is 37.3 Å². The molecular formula is C21H18ClN5O3S. The van der Waals surface area contributed by atoms with Gasteiger partial charge in [0.1, 0.15) is 11.1 Å². The van der Waals surface area contributed by atoms with Crippen molar-refractivity contribution in [3.05, 3.63) is 70.1 Å². The molecule has 8 nitrogen and oxygen atoms in total. The lowest BCUT2D eigenvalue weighted by Gasteiger charge is -2.12. The standard InChI is InChI=1S/C21H18ClN5O3S/c1-12(19(28)24-13-8-9-17(30-2)16(22)10-13)31-21-25-18-15(20(29)26-21)11-23-27(18)14-6-4-3-5-7-14/h3-12H,1-2H3,(H,24,28)(H,25,26,29)/t12-/m1/s1. The number of para-hydroxylation sites is 1. The molecule has 0 aliphatic carbocycles. The summed E-state index contributed by atoms with van der Waals surface area (Å²) >= 11 is 7.25. The van der Waals surface area contributed by atoms with E-state index < -0.39 is 5.25 Å². The monoisotopic (exact) mass is 455 g/mol. The minimum absolute atomic E-state index is 0.259. The Labute approximate surface area is 186 Å². The van der Waals surface area contributed by atoms with Crippen LogP contribution >= 0.6 is 23.4 Å². The number of rotatable bonds is 6. The molecule has 0 saturated heterocycles. The van der Waals surface area contributed by atoms with Gasteiger partial charge in [-0.2, -0.15) is 5.10 Å². The fourth-order valence-corrected chi connectivity index (χ4v) is 3.97. The molecular weight excluding hydrogens is 438 g/mol. The Morgan fingerprint density at radius 1 is 1.26 bits per heavy atom. The maximum Gasteiger partial charge on any atom is 0.262 e. The Kier molecular flexibility index (Phi) is 5.97. The summed E-state index contributed by atoms with van der Waals surface area (Å²) in [5.41, 5.74) is 1.44. The number of nitrogens with one attached hydrogen (secondary N) is 2. The highest BCUT2D eigenvalue weighted by molar-refractivity contribution is 8.00. The molecule has 2 N–H and O–H groups in total. The van der Waals surface area contributed by atoms with Crippen molar-refractivity contribution in [2.45, 2.75) is 17.3 Å². The van der Waals surface area contributed by atoms with E-state index in [2.05, 4.69) is 20.4 Å². The van der Waals surface area contributed by atoms with Crippen molar-refractivity contribution >= 4 is 46.0 Å². The second-order valence-corrected chi connectivity index (χ2v) is 8.34. The summed E-state index contributed by atoms with van der Waals surface area (Å²) in [6, 6.07) is 14.4. The number of thioether (sulfide) groups is 1. The van der Waals surface area contributed by atoms with Crippen LogP contribution < -0.4 is 15.6 Å². The van der Waals surface area contributed by atoms with Crippen molar-refractivity contribution in [1.29, 1.82) is 0 Å². The van der Waals surface area contributed by atoms with Gasteiger partial charge >= 0.3 is 0 Å². The molecule has 2 heterocycles. The van der Waals surface area contributed by atoms with E-state index in [0.717, 1.165) is 17.4 Å². The van der Waals surface area contributed by atoms with Crippen LogP contribution in [-0.2, 0) is 4.79 Å². The summed E-state index contributed by atoms with van der Waals surface area (Å²) in [5.74, 6) is 0.262. The quantitative estimate of drug-likeness (QED) is 0.338. The molecule has 4 rings (SSSR count). The molecule has 1 amide bonds. The van der Waals surface area contributed by atoms with Crippen LogP contribution in [0.1, 0.15) is 6.92 Å². The van der Waals surface area contributed by atoms with Gasteiger partial charge in [0.05, 0.1) is 29.3 Å². The lowest BCUT2D eigenvalue weighted by Crippen LogP contribution is -2.23. The number of anilines is 1. The maximum atomic E-state index is 12.6. The average Bonchev–Trinajstić information content (AvgIpc) is 3.19. The van der Waals surface area contributed by atoms with Crippen LogP contribution in [0.4, 0.5) is 5.69 Å². The largest absolute Gasteiger partial charge is 0.495 e. The molecule has 1 atom stereocenters. The van der Waals surface area contributed by atoms with E-state index in [1.807, 2.05) is 30.3 Å². The first kappa shape index (κ1) is 21.0. The van der Waals surface area contributed by atoms with Crippen molar-refractivity contribution in [3.63, 3.8) is 0 Å². The molecule has 0 aliphatic heterocycles. The van der Waals surface area contributed by atoms with Crippen LogP contribution in [0.25, 0.3) is 16.7 Å². The van der Waals surface area contributed by atoms with Gasteiger partial charge in [0.15, 0.2) is 10.8 Å². The van der Waals surface area contributed by atoms with Gasteiger partial charge in [0.2, 0.25) is 5.91 Å². The molecule has 158 valence electrons. The SMILES string of the molecule is COc1ccc(NC(=O)[C@@H](C)Sc2nc3c(cnn3-c3ccccc3)c(=O)[nH]2)cc1Cl. The molecule has 10 heteroatoms. The number of amides is 1. The molecule has 2 aromatic heterocycles. The predicted octanol–water partition coefficient (Wildman–Crippen LogP) is 3.89. The van der Waals surface area contributed by atoms with Crippen molar-refractivity contribution < 1.29 is 9.53 Å². The van der Waals surface area contributed by atoms with Crippen molar-refractivity contribution in [1.82, 2.24) is 19.7 Å². The number of nitrogens with zero attached hydrogens (tertiary/aromatic N) is 3. The molecule has 0 saturated carbocycles. The van der Waals surface area contributed by atoms with Crippen molar-refractivity contribution in [2.75, 3.05) is 12.4 Å². The van der Waals surface area contributed by atoms with Crippen molar-refractivity contribution in [3.8, 4) is 11.4 Å². The molecule has 2 aromatic carbocycles. The van der Waals surface area contributed by atoms with E-state index in [1.165, 1.54) is 13.3 Å². The first-order valence-corrected chi connectivity index (χ1v) is 10.6. The number of carbonyl (C=O) groups excluding carboxylic acids is 1. The van der Waals surface area contributed by atoms with Gasteiger partial charge in [-0.15, -0.1) is 0 Å². The lowest BCUT2D eigenvalue weighted by molar-refractivity contribution is -0.115. The Morgan fingerprint density at radius 3 is 2.74 bits per heavy atom. The van der Waals surface area contributed by atoms with Gasteiger partial charge in [-0.1, -0.05) is 41.6 Å². The molecule has 31 heavy (non-hydrogen) atoms.